The summed E-state index contributed by atoms with van der Waals surface area (Å²) < 4.78 is 0.585. The van der Waals surface area contributed by atoms with E-state index in [1.807, 2.05) is 0 Å². The number of carbonyl (C=O) groups excluding carboxylic acids is 1. The van der Waals surface area contributed by atoms with Gasteiger partial charge in [0.15, 0.2) is 0 Å². The normalized spacial score (nSPS) is 10.1. The van der Waals surface area contributed by atoms with Gasteiger partial charge in [-0.1, -0.05) is 15.9 Å². The second-order valence-electron chi connectivity index (χ2n) is 3.08. The molecule has 0 saturated heterocycles. The largest absolute Gasteiger partial charge is 0.507 e. The molecule has 0 saturated carbocycles. The zero-order chi connectivity index (χ0) is 11.4. The van der Waals surface area contributed by atoms with Crippen LogP contribution in [0.5, 0.6) is 5.75 Å². The summed E-state index contributed by atoms with van der Waals surface area (Å²) in [6.07, 6.45) is 0. The maximum absolute atomic E-state index is 11.8. The summed E-state index contributed by atoms with van der Waals surface area (Å²) >= 11 is 6.43. The molecule has 0 radical (unpaired) electrons. The van der Waals surface area contributed by atoms with Crippen LogP contribution in [0.2, 0.25) is 0 Å². The number of rotatable bonds is 3. The molecule has 0 spiro atoms. The highest BCUT2D eigenvalue weighted by Gasteiger charge is 2.12. The third-order valence-corrected chi connectivity index (χ3v) is 2.98. The van der Waals surface area contributed by atoms with E-state index in [2.05, 4.69) is 31.9 Å². The van der Waals surface area contributed by atoms with Crippen LogP contribution in [0.4, 0.5) is 0 Å². The number of aromatic hydroxyl groups is 1. The van der Waals surface area contributed by atoms with Crippen LogP contribution in [0.15, 0.2) is 22.7 Å². The Balaban J connectivity index is 2.87. The van der Waals surface area contributed by atoms with Crippen molar-refractivity contribution in [2.24, 2.45) is 0 Å². The van der Waals surface area contributed by atoms with Gasteiger partial charge in [-0.2, -0.15) is 0 Å². The molecule has 0 bridgehead atoms. The van der Waals surface area contributed by atoms with Crippen LogP contribution in [0, 0.1) is 0 Å². The van der Waals surface area contributed by atoms with Crippen molar-refractivity contribution in [2.45, 2.75) is 0 Å². The first-order chi connectivity index (χ1) is 7.06. The number of amides is 1. The minimum absolute atomic E-state index is 0.0769. The minimum Gasteiger partial charge on any atom is -0.507 e. The van der Waals surface area contributed by atoms with E-state index in [4.69, 9.17) is 0 Å². The SMILES string of the molecule is CN(CCBr)C(=O)c1ccc(Br)c(O)c1. The Hall–Kier alpha value is -0.550. The fourth-order valence-corrected chi connectivity index (χ4v) is 1.87. The van der Waals surface area contributed by atoms with Crippen molar-refractivity contribution in [2.75, 3.05) is 18.9 Å². The Kier molecular flexibility index (Phi) is 4.60. The number of phenolic OH excluding ortho intramolecular Hbond substituents is 1. The number of benzene rings is 1. The molecule has 1 aromatic rings. The Morgan fingerprint density at radius 3 is 2.73 bits per heavy atom. The van der Waals surface area contributed by atoms with E-state index in [1.165, 1.54) is 6.07 Å². The van der Waals surface area contributed by atoms with Gasteiger partial charge in [0.05, 0.1) is 4.47 Å². The fraction of sp³-hybridized carbons (Fsp3) is 0.300. The lowest BCUT2D eigenvalue weighted by atomic mass is 10.2. The van der Waals surface area contributed by atoms with Gasteiger partial charge in [0.1, 0.15) is 5.75 Å². The van der Waals surface area contributed by atoms with E-state index in [-0.39, 0.29) is 11.7 Å². The molecule has 1 N–H and O–H groups in total. The van der Waals surface area contributed by atoms with Crippen molar-refractivity contribution in [3.63, 3.8) is 0 Å². The lowest BCUT2D eigenvalue weighted by molar-refractivity contribution is 0.0803. The quantitative estimate of drug-likeness (QED) is 0.862. The molecular formula is C10H11Br2NO2. The summed E-state index contributed by atoms with van der Waals surface area (Å²) in [6, 6.07) is 4.79. The lowest BCUT2D eigenvalue weighted by Gasteiger charge is -2.15. The molecule has 1 rings (SSSR count). The first-order valence-electron chi connectivity index (χ1n) is 4.36. The van der Waals surface area contributed by atoms with Crippen LogP contribution in [-0.4, -0.2) is 34.8 Å². The molecule has 3 nitrogen and oxygen atoms in total. The predicted octanol–water partition coefficient (Wildman–Crippen LogP) is 2.62. The van der Waals surface area contributed by atoms with Crippen LogP contribution >= 0.6 is 31.9 Å². The number of nitrogens with zero attached hydrogens (tertiary/aromatic N) is 1. The molecule has 0 fully saturated rings. The molecule has 82 valence electrons. The zero-order valence-corrected chi connectivity index (χ0v) is 11.4. The predicted molar refractivity (Wildman–Crippen MR) is 66.6 cm³/mol. The molecule has 0 aliphatic carbocycles. The van der Waals surface area contributed by atoms with Gasteiger partial charge >= 0.3 is 0 Å². The Labute approximate surface area is 105 Å². The van der Waals surface area contributed by atoms with E-state index in [0.29, 0.717) is 16.6 Å². The van der Waals surface area contributed by atoms with Crippen molar-refractivity contribution in [3.05, 3.63) is 28.2 Å². The number of hydrogen-bond acceptors (Lipinski definition) is 2. The lowest BCUT2D eigenvalue weighted by Crippen LogP contribution is -2.28. The monoisotopic (exact) mass is 335 g/mol. The summed E-state index contributed by atoms with van der Waals surface area (Å²) in [7, 11) is 1.72. The number of halogens is 2. The van der Waals surface area contributed by atoms with Gasteiger partial charge in [0.2, 0.25) is 0 Å². The van der Waals surface area contributed by atoms with Crippen molar-refractivity contribution in [3.8, 4) is 5.75 Å². The third kappa shape index (κ3) is 3.21. The molecular weight excluding hydrogens is 326 g/mol. The molecule has 0 aliphatic rings. The maximum Gasteiger partial charge on any atom is 0.253 e. The molecule has 0 heterocycles. The fourth-order valence-electron chi connectivity index (χ4n) is 1.09. The molecule has 0 aliphatic heterocycles. The summed E-state index contributed by atoms with van der Waals surface area (Å²) in [5, 5.41) is 10.2. The van der Waals surface area contributed by atoms with E-state index >= 15 is 0 Å². The Morgan fingerprint density at radius 2 is 2.20 bits per heavy atom. The molecule has 1 amide bonds. The van der Waals surface area contributed by atoms with Gasteiger partial charge in [-0.25, -0.2) is 0 Å². The maximum atomic E-state index is 11.8. The van der Waals surface area contributed by atoms with Crippen molar-refractivity contribution < 1.29 is 9.90 Å². The number of alkyl halides is 1. The number of carbonyl (C=O) groups is 1. The molecule has 0 atom stereocenters. The van der Waals surface area contributed by atoms with E-state index < -0.39 is 0 Å². The van der Waals surface area contributed by atoms with Crippen LogP contribution in [0.1, 0.15) is 10.4 Å². The minimum atomic E-state index is -0.0998. The van der Waals surface area contributed by atoms with Crippen LogP contribution < -0.4 is 0 Å². The second-order valence-corrected chi connectivity index (χ2v) is 4.73. The van der Waals surface area contributed by atoms with Crippen molar-refractivity contribution >= 4 is 37.8 Å². The van der Waals surface area contributed by atoms with E-state index in [9.17, 15) is 9.90 Å². The van der Waals surface area contributed by atoms with E-state index in [1.54, 1.807) is 24.1 Å². The first-order valence-corrected chi connectivity index (χ1v) is 6.27. The second kappa shape index (κ2) is 5.51. The van der Waals surface area contributed by atoms with Crippen molar-refractivity contribution in [1.29, 1.82) is 0 Å². The average Bonchev–Trinajstić information content (AvgIpc) is 2.21. The number of hydrogen-bond donors (Lipinski definition) is 1. The molecule has 0 aromatic heterocycles. The first kappa shape index (κ1) is 12.5. The van der Waals surface area contributed by atoms with E-state index in [0.717, 1.165) is 5.33 Å². The molecule has 1 aromatic carbocycles. The van der Waals surface area contributed by atoms with Crippen LogP contribution in [-0.2, 0) is 0 Å². The highest BCUT2D eigenvalue weighted by molar-refractivity contribution is 9.10. The Bertz CT molecular complexity index is 368. The summed E-state index contributed by atoms with van der Waals surface area (Å²) in [5.74, 6) is -0.0228. The topological polar surface area (TPSA) is 40.5 Å². The van der Waals surface area contributed by atoms with Gasteiger partial charge < -0.3 is 10.0 Å². The molecule has 5 heteroatoms. The van der Waals surface area contributed by atoms with Gasteiger partial charge in [-0.05, 0) is 34.1 Å². The summed E-state index contributed by atoms with van der Waals surface area (Å²) in [5.41, 5.74) is 0.485. The van der Waals surface area contributed by atoms with Crippen molar-refractivity contribution in [1.82, 2.24) is 4.90 Å². The highest BCUT2D eigenvalue weighted by atomic mass is 79.9. The average molecular weight is 337 g/mol. The summed E-state index contributed by atoms with van der Waals surface area (Å²) in [4.78, 5) is 13.4. The van der Waals surface area contributed by atoms with Crippen LogP contribution in [0.3, 0.4) is 0 Å². The number of phenols is 1. The summed E-state index contributed by atoms with van der Waals surface area (Å²) in [6.45, 7) is 0.635. The third-order valence-electron chi connectivity index (χ3n) is 1.96. The molecule has 0 unspecified atom stereocenters. The van der Waals surface area contributed by atoms with Gasteiger partial charge in [0, 0.05) is 24.5 Å². The van der Waals surface area contributed by atoms with Crippen LogP contribution in [0.25, 0.3) is 0 Å². The standard InChI is InChI=1S/C10H11Br2NO2/c1-13(5-4-11)10(15)7-2-3-8(12)9(14)6-7/h2-3,6,14H,4-5H2,1H3. The Morgan fingerprint density at radius 1 is 1.53 bits per heavy atom. The van der Waals surface area contributed by atoms with Gasteiger partial charge in [0.25, 0.3) is 5.91 Å². The van der Waals surface area contributed by atoms with Gasteiger partial charge in [-0.3, -0.25) is 4.79 Å². The zero-order valence-electron chi connectivity index (χ0n) is 8.20. The smallest absolute Gasteiger partial charge is 0.253 e. The molecule has 15 heavy (non-hydrogen) atoms. The van der Waals surface area contributed by atoms with Gasteiger partial charge in [-0.15, -0.1) is 0 Å². The highest BCUT2D eigenvalue weighted by Crippen LogP contribution is 2.24.